The summed E-state index contributed by atoms with van der Waals surface area (Å²) in [6.45, 7) is 5.97. The SMILES string of the molecule is C[C@@H](c1ccc(-c2cccc(-n3ccccc3=O)n2)cc1)N1CCC(CC(C)(C)O)(c2ccccc2)OC1=O. The van der Waals surface area contributed by atoms with Crippen molar-refractivity contribution in [2.75, 3.05) is 6.54 Å². The summed E-state index contributed by atoms with van der Waals surface area (Å²) in [7, 11) is 0. The Morgan fingerprint density at radius 2 is 1.67 bits per heavy atom. The minimum atomic E-state index is -1.00. The molecule has 2 aromatic carbocycles. The number of cyclic esters (lactones) is 1. The van der Waals surface area contributed by atoms with Crippen LogP contribution >= 0.6 is 0 Å². The summed E-state index contributed by atoms with van der Waals surface area (Å²) < 4.78 is 7.65. The smallest absolute Gasteiger partial charge is 0.411 e. The van der Waals surface area contributed by atoms with Gasteiger partial charge in [-0.15, -0.1) is 0 Å². The Bertz CT molecular complexity index is 1510. The lowest BCUT2D eigenvalue weighted by atomic mass is 9.80. The van der Waals surface area contributed by atoms with Crippen LogP contribution < -0.4 is 5.56 Å². The van der Waals surface area contributed by atoms with Gasteiger partial charge < -0.3 is 14.7 Å². The summed E-state index contributed by atoms with van der Waals surface area (Å²) in [6.07, 6.45) is 2.19. The van der Waals surface area contributed by atoms with Crippen LogP contribution in [0.25, 0.3) is 17.1 Å². The lowest BCUT2D eigenvalue weighted by molar-refractivity contribution is -0.101. The molecule has 5 rings (SSSR count). The molecule has 39 heavy (non-hydrogen) atoms. The van der Waals surface area contributed by atoms with Gasteiger partial charge in [0.2, 0.25) is 0 Å². The molecule has 0 bridgehead atoms. The van der Waals surface area contributed by atoms with Gasteiger partial charge in [-0.05, 0) is 50.1 Å². The molecule has 4 aromatic rings. The van der Waals surface area contributed by atoms with Crippen LogP contribution in [0.3, 0.4) is 0 Å². The van der Waals surface area contributed by atoms with Crippen molar-refractivity contribution in [3.8, 4) is 17.1 Å². The Balaban J connectivity index is 1.34. The van der Waals surface area contributed by atoms with E-state index in [0.29, 0.717) is 25.2 Å². The van der Waals surface area contributed by atoms with Crippen molar-refractivity contribution in [2.45, 2.75) is 50.9 Å². The minimum absolute atomic E-state index is 0.140. The summed E-state index contributed by atoms with van der Waals surface area (Å²) in [5, 5.41) is 10.6. The Hall–Kier alpha value is -4.23. The monoisotopic (exact) mass is 523 g/mol. The summed E-state index contributed by atoms with van der Waals surface area (Å²) in [4.78, 5) is 32.0. The van der Waals surface area contributed by atoms with Crippen molar-refractivity contribution in [3.63, 3.8) is 0 Å². The third-order valence-corrected chi connectivity index (χ3v) is 7.25. The van der Waals surface area contributed by atoms with Gasteiger partial charge in [0.25, 0.3) is 5.56 Å². The van der Waals surface area contributed by atoms with Crippen molar-refractivity contribution < 1.29 is 14.6 Å². The van der Waals surface area contributed by atoms with E-state index in [1.807, 2.05) is 73.7 Å². The molecule has 1 fully saturated rings. The fraction of sp³-hybridized carbons (Fsp3) is 0.281. The topological polar surface area (TPSA) is 84.7 Å². The molecule has 1 N–H and O–H groups in total. The average molecular weight is 524 g/mol. The quantitative estimate of drug-likeness (QED) is 0.328. The molecule has 0 radical (unpaired) electrons. The molecule has 0 aliphatic carbocycles. The number of nitrogens with zero attached hydrogens (tertiary/aromatic N) is 3. The molecular weight excluding hydrogens is 490 g/mol. The molecule has 7 heteroatoms. The van der Waals surface area contributed by atoms with Gasteiger partial charge in [0, 0.05) is 37.2 Å². The number of hydrogen-bond donors (Lipinski definition) is 1. The molecular formula is C32H33N3O4. The van der Waals surface area contributed by atoms with E-state index < -0.39 is 17.3 Å². The zero-order chi connectivity index (χ0) is 27.6. The maximum Gasteiger partial charge on any atom is 0.411 e. The first-order valence-electron chi connectivity index (χ1n) is 13.2. The predicted octanol–water partition coefficient (Wildman–Crippen LogP) is 5.86. The third-order valence-electron chi connectivity index (χ3n) is 7.25. The molecule has 3 heterocycles. The van der Waals surface area contributed by atoms with Gasteiger partial charge in [0.1, 0.15) is 11.4 Å². The highest BCUT2D eigenvalue weighted by atomic mass is 16.6. The third kappa shape index (κ3) is 5.64. The molecule has 2 atom stereocenters. The highest BCUT2D eigenvalue weighted by Crippen LogP contribution is 2.42. The number of carbonyl (C=O) groups is 1. The standard InChI is InChI=1S/C32H33N3O4/c1-23(34-21-19-32(39-30(34)37,22-31(2,3)38)26-10-5-4-6-11-26)24-15-17-25(18-16-24)27-12-9-13-28(33-27)35-20-8-7-14-29(35)36/h4-18,20,23,38H,19,21-22H2,1-3H3/t23-,32?/m0/s1. The van der Waals surface area contributed by atoms with Crippen LogP contribution in [0.5, 0.6) is 0 Å². The number of ether oxygens (including phenoxy) is 1. The summed E-state index contributed by atoms with van der Waals surface area (Å²) in [5.41, 5.74) is 1.50. The first-order chi connectivity index (χ1) is 18.7. The number of rotatable bonds is 7. The minimum Gasteiger partial charge on any atom is -0.438 e. The van der Waals surface area contributed by atoms with E-state index in [9.17, 15) is 14.7 Å². The van der Waals surface area contributed by atoms with Crippen molar-refractivity contribution >= 4 is 6.09 Å². The van der Waals surface area contributed by atoms with Crippen molar-refractivity contribution in [1.82, 2.24) is 14.5 Å². The van der Waals surface area contributed by atoms with Crippen molar-refractivity contribution in [1.29, 1.82) is 0 Å². The van der Waals surface area contributed by atoms with Gasteiger partial charge in [0.05, 0.1) is 17.3 Å². The highest BCUT2D eigenvalue weighted by molar-refractivity contribution is 5.70. The van der Waals surface area contributed by atoms with E-state index in [1.54, 1.807) is 43.1 Å². The van der Waals surface area contributed by atoms with E-state index in [1.165, 1.54) is 10.6 Å². The Morgan fingerprint density at radius 3 is 2.33 bits per heavy atom. The summed E-state index contributed by atoms with van der Waals surface area (Å²) in [5.74, 6) is 0.555. The maximum absolute atomic E-state index is 13.4. The van der Waals surface area contributed by atoms with Crippen LogP contribution in [0.2, 0.25) is 0 Å². The number of carbonyl (C=O) groups excluding carboxylic acids is 1. The fourth-order valence-electron chi connectivity index (χ4n) is 5.34. The first kappa shape index (κ1) is 26.4. The van der Waals surface area contributed by atoms with Gasteiger partial charge >= 0.3 is 6.09 Å². The van der Waals surface area contributed by atoms with E-state index in [-0.39, 0.29) is 11.6 Å². The van der Waals surface area contributed by atoms with E-state index in [4.69, 9.17) is 4.74 Å². The lowest BCUT2D eigenvalue weighted by Gasteiger charge is -2.45. The highest BCUT2D eigenvalue weighted by Gasteiger charge is 2.46. The van der Waals surface area contributed by atoms with Crippen LogP contribution in [0.1, 0.15) is 50.8 Å². The fourth-order valence-corrected chi connectivity index (χ4v) is 5.34. The van der Waals surface area contributed by atoms with E-state index in [2.05, 4.69) is 4.98 Å². The largest absolute Gasteiger partial charge is 0.438 e. The lowest BCUT2D eigenvalue weighted by Crippen LogP contribution is -2.51. The molecule has 1 amide bonds. The zero-order valence-corrected chi connectivity index (χ0v) is 22.4. The van der Waals surface area contributed by atoms with Gasteiger partial charge in [-0.25, -0.2) is 9.78 Å². The molecule has 1 aliphatic rings. The van der Waals surface area contributed by atoms with Gasteiger partial charge in [-0.2, -0.15) is 0 Å². The Morgan fingerprint density at radius 1 is 0.949 bits per heavy atom. The molecule has 2 aromatic heterocycles. The number of amides is 1. The number of hydrogen-bond acceptors (Lipinski definition) is 5. The number of aromatic nitrogens is 2. The molecule has 1 aliphatic heterocycles. The molecule has 0 spiro atoms. The number of pyridine rings is 2. The number of benzene rings is 2. The molecule has 0 saturated carbocycles. The van der Waals surface area contributed by atoms with Gasteiger partial charge in [-0.1, -0.05) is 66.7 Å². The van der Waals surface area contributed by atoms with Gasteiger partial charge in [0.15, 0.2) is 0 Å². The van der Waals surface area contributed by atoms with E-state index >= 15 is 0 Å². The van der Waals surface area contributed by atoms with Gasteiger partial charge in [-0.3, -0.25) is 9.36 Å². The van der Waals surface area contributed by atoms with Crippen molar-refractivity contribution in [3.05, 3.63) is 119 Å². The van der Waals surface area contributed by atoms with E-state index in [0.717, 1.165) is 22.4 Å². The normalized spacial score (nSPS) is 18.5. The van der Waals surface area contributed by atoms with Crippen LogP contribution in [0, 0.1) is 0 Å². The zero-order valence-electron chi connectivity index (χ0n) is 22.4. The molecule has 1 unspecified atom stereocenters. The first-order valence-corrected chi connectivity index (χ1v) is 13.2. The number of aliphatic hydroxyl groups is 1. The summed E-state index contributed by atoms with van der Waals surface area (Å²) in [6, 6.07) is 28.0. The second-order valence-electron chi connectivity index (χ2n) is 10.7. The van der Waals surface area contributed by atoms with Crippen LogP contribution in [-0.2, 0) is 10.3 Å². The maximum atomic E-state index is 13.4. The van der Waals surface area contributed by atoms with Crippen molar-refractivity contribution in [2.24, 2.45) is 0 Å². The Kier molecular flexibility index (Phi) is 7.10. The second kappa shape index (κ2) is 10.5. The van der Waals surface area contributed by atoms with Crippen LogP contribution in [-0.4, -0.2) is 37.8 Å². The molecule has 200 valence electrons. The molecule has 1 saturated heterocycles. The Labute approximate surface area is 228 Å². The summed E-state index contributed by atoms with van der Waals surface area (Å²) >= 11 is 0. The average Bonchev–Trinajstić information content (AvgIpc) is 2.93. The van der Waals surface area contributed by atoms with Crippen LogP contribution in [0.15, 0.2) is 102 Å². The second-order valence-corrected chi connectivity index (χ2v) is 10.7. The van der Waals surface area contributed by atoms with Crippen LogP contribution in [0.4, 0.5) is 4.79 Å². The predicted molar refractivity (Wildman–Crippen MR) is 151 cm³/mol. The molecule has 7 nitrogen and oxygen atoms in total.